The second-order valence-corrected chi connectivity index (χ2v) is 5.73. The van der Waals surface area contributed by atoms with Crippen LogP contribution in [0.15, 0.2) is 36.5 Å². The van der Waals surface area contributed by atoms with Crippen molar-refractivity contribution in [2.45, 2.75) is 13.3 Å². The minimum absolute atomic E-state index is 0.0869. The van der Waals surface area contributed by atoms with Crippen molar-refractivity contribution >= 4 is 11.9 Å². The van der Waals surface area contributed by atoms with E-state index in [4.69, 9.17) is 4.74 Å². The van der Waals surface area contributed by atoms with Crippen molar-refractivity contribution < 1.29 is 9.53 Å². The SMILES string of the molecule is CCc1ccc(C(=O)N2CCN(c3nccc(OC)n3)CC2)cc1. The number of hydrogen-bond acceptors (Lipinski definition) is 5. The lowest BCUT2D eigenvalue weighted by Crippen LogP contribution is -2.49. The normalized spacial score (nSPS) is 14.6. The zero-order valence-electron chi connectivity index (χ0n) is 14.1. The molecule has 0 unspecified atom stereocenters. The van der Waals surface area contributed by atoms with Crippen LogP contribution in [0.2, 0.25) is 0 Å². The van der Waals surface area contributed by atoms with Crippen molar-refractivity contribution in [1.82, 2.24) is 14.9 Å². The van der Waals surface area contributed by atoms with Gasteiger partial charge in [-0.3, -0.25) is 4.79 Å². The van der Waals surface area contributed by atoms with Gasteiger partial charge in [0.05, 0.1) is 7.11 Å². The third-order valence-electron chi connectivity index (χ3n) is 4.29. The number of piperazine rings is 1. The molecule has 1 aromatic carbocycles. The van der Waals surface area contributed by atoms with Crippen LogP contribution in [0, 0.1) is 0 Å². The Hall–Kier alpha value is -2.63. The molecule has 1 aliphatic heterocycles. The van der Waals surface area contributed by atoms with Gasteiger partial charge < -0.3 is 14.5 Å². The van der Waals surface area contributed by atoms with E-state index in [1.54, 1.807) is 19.4 Å². The fraction of sp³-hybridized carbons (Fsp3) is 0.389. The van der Waals surface area contributed by atoms with E-state index in [2.05, 4.69) is 21.8 Å². The Bertz CT molecular complexity index is 694. The molecule has 0 radical (unpaired) electrons. The summed E-state index contributed by atoms with van der Waals surface area (Å²) < 4.78 is 5.14. The van der Waals surface area contributed by atoms with Gasteiger partial charge in [0.15, 0.2) is 0 Å². The van der Waals surface area contributed by atoms with Crippen LogP contribution >= 0.6 is 0 Å². The summed E-state index contributed by atoms with van der Waals surface area (Å²) >= 11 is 0. The number of carbonyl (C=O) groups excluding carboxylic acids is 1. The Morgan fingerprint density at radius 3 is 2.46 bits per heavy atom. The quantitative estimate of drug-likeness (QED) is 0.860. The predicted molar refractivity (Wildman–Crippen MR) is 92.5 cm³/mol. The van der Waals surface area contributed by atoms with Gasteiger partial charge in [-0.05, 0) is 24.1 Å². The van der Waals surface area contributed by atoms with Crippen LogP contribution in [-0.4, -0.2) is 54.1 Å². The summed E-state index contributed by atoms with van der Waals surface area (Å²) in [6.07, 6.45) is 2.67. The summed E-state index contributed by atoms with van der Waals surface area (Å²) in [5, 5.41) is 0. The molecule has 6 nitrogen and oxygen atoms in total. The van der Waals surface area contributed by atoms with E-state index in [1.807, 2.05) is 29.2 Å². The predicted octanol–water partition coefficient (Wildman–Crippen LogP) is 2.01. The first-order valence-corrected chi connectivity index (χ1v) is 8.21. The number of hydrogen-bond donors (Lipinski definition) is 0. The summed E-state index contributed by atoms with van der Waals surface area (Å²) in [6, 6.07) is 9.60. The topological polar surface area (TPSA) is 58.6 Å². The van der Waals surface area contributed by atoms with Crippen LogP contribution < -0.4 is 9.64 Å². The number of rotatable bonds is 4. The fourth-order valence-corrected chi connectivity index (χ4v) is 2.77. The molecule has 3 rings (SSSR count). The second kappa shape index (κ2) is 7.29. The molecular formula is C18H22N4O2. The average molecular weight is 326 g/mol. The molecule has 126 valence electrons. The maximum absolute atomic E-state index is 12.6. The highest BCUT2D eigenvalue weighted by Crippen LogP contribution is 2.16. The zero-order valence-corrected chi connectivity index (χ0v) is 14.1. The average Bonchev–Trinajstić information content (AvgIpc) is 2.67. The second-order valence-electron chi connectivity index (χ2n) is 5.73. The molecule has 0 bridgehead atoms. The van der Waals surface area contributed by atoms with Crippen LogP contribution in [0.5, 0.6) is 5.88 Å². The summed E-state index contributed by atoms with van der Waals surface area (Å²) in [5.74, 6) is 1.28. The monoisotopic (exact) mass is 326 g/mol. The summed E-state index contributed by atoms with van der Waals surface area (Å²) in [6.45, 7) is 4.86. The van der Waals surface area contributed by atoms with Gasteiger partial charge in [-0.25, -0.2) is 4.98 Å². The zero-order chi connectivity index (χ0) is 16.9. The first kappa shape index (κ1) is 16.2. The third kappa shape index (κ3) is 3.48. The molecular weight excluding hydrogens is 304 g/mol. The number of ether oxygens (including phenoxy) is 1. The van der Waals surface area contributed by atoms with Gasteiger partial charge in [0.25, 0.3) is 5.91 Å². The van der Waals surface area contributed by atoms with Gasteiger partial charge in [0.2, 0.25) is 11.8 Å². The summed E-state index contributed by atoms with van der Waals surface area (Å²) in [5.41, 5.74) is 1.99. The molecule has 2 aromatic rings. The van der Waals surface area contributed by atoms with Gasteiger partial charge in [0, 0.05) is 44.0 Å². The molecule has 0 atom stereocenters. The molecule has 1 aromatic heterocycles. The number of anilines is 1. The molecule has 1 saturated heterocycles. The van der Waals surface area contributed by atoms with E-state index in [1.165, 1.54) is 5.56 Å². The first-order valence-electron chi connectivity index (χ1n) is 8.21. The number of benzene rings is 1. The lowest BCUT2D eigenvalue weighted by Gasteiger charge is -2.34. The Morgan fingerprint density at radius 1 is 1.12 bits per heavy atom. The largest absolute Gasteiger partial charge is 0.481 e. The highest BCUT2D eigenvalue weighted by atomic mass is 16.5. The molecule has 0 spiro atoms. The smallest absolute Gasteiger partial charge is 0.253 e. The minimum atomic E-state index is 0.0869. The Morgan fingerprint density at radius 2 is 1.83 bits per heavy atom. The highest BCUT2D eigenvalue weighted by molar-refractivity contribution is 5.94. The molecule has 6 heteroatoms. The van der Waals surface area contributed by atoms with Crippen LogP contribution in [0.25, 0.3) is 0 Å². The third-order valence-corrected chi connectivity index (χ3v) is 4.29. The standard InChI is InChI=1S/C18H22N4O2/c1-3-14-4-6-15(7-5-14)17(23)21-10-12-22(13-11-21)18-19-9-8-16(20-18)24-2/h4-9H,3,10-13H2,1-2H3. The lowest BCUT2D eigenvalue weighted by atomic mass is 10.1. The Kier molecular flexibility index (Phi) is 4.93. The fourth-order valence-electron chi connectivity index (χ4n) is 2.77. The van der Waals surface area contributed by atoms with Crippen molar-refractivity contribution in [3.63, 3.8) is 0 Å². The van der Waals surface area contributed by atoms with Crippen molar-refractivity contribution in [3.8, 4) is 5.88 Å². The van der Waals surface area contributed by atoms with Crippen molar-refractivity contribution in [3.05, 3.63) is 47.7 Å². The molecule has 0 saturated carbocycles. The number of methoxy groups -OCH3 is 1. The number of nitrogens with zero attached hydrogens (tertiary/aromatic N) is 4. The number of aromatic nitrogens is 2. The van der Waals surface area contributed by atoms with E-state index in [-0.39, 0.29) is 5.91 Å². The minimum Gasteiger partial charge on any atom is -0.481 e. The van der Waals surface area contributed by atoms with Crippen LogP contribution in [0.4, 0.5) is 5.95 Å². The molecule has 2 heterocycles. The van der Waals surface area contributed by atoms with Gasteiger partial charge in [-0.15, -0.1) is 0 Å². The van der Waals surface area contributed by atoms with Gasteiger partial charge in [-0.2, -0.15) is 4.98 Å². The number of aryl methyl sites for hydroxylation is 1. The van der Waals surface area contributed by atoms with E-state index in [9.17, 15) is 4.79 Å². The number of amides is 1. The van der Waals surface area contributed by atoms with Crippen molar-refractivity contribution in [2.24, 2.45) is 0 Å². The molecule has 24 heavy (non-hydrogen) atoms. The molecule has 1 amide bonds. The number of carbonyl (C=O) groups is 1. The maximum atomic E-state index is 12.6. The van der Waals surface area contributed by atoms with Gasteiger partial charge >= 0.3 is 0 Å². The summed E-state index contributed by atoms with van der Waals surface area (Å²) in [4.78, 5) is 25.2. The van der Waals surface area contributed by atoms with Gasteiger partial charge in [-0.1, -0.05) is 19.1 Å². The Labute approximate surface area is 142 Å². The first-order chi connectivity index (χ1) is 11.7. The van der Waals surface area contributed by atoms with Gasteiger partial charge in [0.1, 0.15) is 0 Å². The Balaban J connectivity index is 1.62. The van der Waals surface area contributed by atoms with E-state index in [0.717, 1.165) is 12.0 Å². The van der Waals surface area contributed by atoms with Crippen LogP contribution in [-0.2, 0) is 6.42 Å². The molecule has 0 N–H and O–H groups in total. The van der Waals surface area contributed by atoms with Crippen molar-refractivity contribution in [1.29, 1.82) is 0 Å². The highest BCUT2D eigenvalue weighted by Gasteiger charge is 2.23. The molecule has 0 aliphatic carbocycles. The molecule has 1 aliphatic rings. The van der Waals surface area contributed by atoms with E-state index in [0.29, 0.717) is 38.0 Å². The van der Waals surface area contributed by atoms with E-state index >= 15 is 0 Å². The lowest BCUT2D eigenvalue weighted by molar-refractivity contribution is 0.0746. The van der Waals surface area contributed by atoms with Crippen LogP contribution in [0.1, 0.15) is 22.8 Å². The van der Waals surface area contributed by atoms with Crippen molar-refractivity contribution in [2.75, 3.05) is 38.2 Å². The molecule has 1 fully saturated rings. The van der Waals surface area contributed by atoms with E-state index < -0.39 is 0 Å². The maximum Gasteiger partial charge on any atom is 0.253 e. The summed E-state index contributed by atoms with van der Waals surface area (Å²) in [7, 11) is 1.59. The van der Waals surface area contributed by atoms with Crippen LogP contribution in [0.3, 0.4) is 0 Å².